The fourth-order valence-electron chi connectivity index (χ4n) is 3.15. The van der Waals surface area contributed by atoms with E-state index in [1.54, 1.807) is 31.6 Å². The van der Waals surface area contributed by atoms with E-state index in [1.807, 2.05) is 7.05 Å². The average Bonchev–Trinajstić information content (AvgIpc) is 3.53. The Balaban J connectivity index is 1.55. The quantitative estimate of drug-likeness (QED) is 0.150. The number of aromatic nitrogens is 1. The van der Waals surface area contributed by atoms with Crippen molar-refractivity contribution in [2.75, 3.05) is 26.1 Å². The third kappa shape index (κ3) is 5.68. The molecule has 4 rings (SSSR count). The largest absolute Gasteiger partial charge is 0.495 e. The minimum atomic E-state index is -0.427. The van der Waals surface area contributed by atoms with Crippen molar-refractivity contribution in [3.63, 3.8) is 0 Å². The summed E-state index contributed by atoms with van der Waals surface area (Å²) in [5.41, 5.74) is 7.22. The maximum Gasteiger partial charge on any atom is 0.254 e. The zero-order valence-corrected chi connectivity index (χ0v) is 19.4. The van der Waals surface area contributed by atoms with Crippen LogP contribution < -0.4 is 32.1 Å². The van der Waals surface area contributed by atoms with Crippen LogP contribution in [0.25, 0.3) is 5.57 Å². The number of carbonyl (C=O) groups is 1. The fourth-order valence-corrected chi connectivity index (χ4v) is 4.19. The van der Waals surface area contributed by atoms with Gasteiger partial charge in [-0.05, 0) is 32.0 Å². The Hall–Kier alpha value is -2.42. The summed E-state index contributed by atoms with van der Waals surface area (Å²) in [6.45, 7) is 0.512. The minimum Gasteiger partial charge on any atom is -0.495 e. The standard InChI is InChI=1S/C21H26ClN7O2S/c1-23-11-26-18-8-14(15(9-25-18)13-7-17(22)24-10-16(13)31-2)20(30)27-21-29-28-19(32-21)6-5-12-3-4-12/h7-10,12,17,19,21,23-24,28-29H,3-4,11H2,1-2H3,(H,25,26)(H,27,30). The summed E-state index contributed by atoms with van der Waals surface area (Å²) in [5.74, 6) is 7.87. The van der Waals surface area contributed by atoms with Crippen molar-refractivity contribution in [2.24, 2.45) is 5.92 Å². The van der Waals surface area contributed by atoms with Crippen molar-refractivity contribution in [3.8, 4) is 11.8 Å². The maximum atomic E-state index is 13.3. The summed E-state index contributed by atoms with van der Waals surface area (Å²) in [4.78, 5) is 17.8. The summed E-state index contributed by atoms with van der Waals surface area (Å²) < 4.78 is 5.48. The van der Waals surface area contributed by atoms with Crippen molar-refractivity contribution in [1.82, 2.24) is 31.8 Å². The van der Waals surface area contributed by atoms with Crippen molar-refractivity contribution in [1.29, 1.82) is 0 Å². The van der Waals surface area contributed by atoms with E-state index in [4.69, 9.17) is 16.3 Å². The lowest BCUT2D eigenvalue weighted by atomic mass is 9.98. The number of carbonyl (C=O) groups excluding carboxylic acids is 1. The van der Waals surface area contributed by atoms with Crippen LogP contribution in [-0.2, 0) is 4.74 Å². The summed E-state index contributed by atoms with van der Waals surface area (Å²) in [6.07, 6.45) is 7.49. The number of alkyl halides is 1. The highest BCUT2D eigenvalue weighted by Gasteiger charge is 2.28. The molecule has 1 saturated heterocycles. The number of hydrogen-bond acceptors (Lipinski definition) is 9. The fraction of sp³-hybridized carbons (Fsp3) is 0.429. The van der Waals surface area contributed by atoms with Gasteiger partial charge in [0.15, 0.2) is 0 Å². The first-order chi connectivity index (χ1) is 15.6. The molecular formula is C21H26ClN7O2S. The van der Waals surface area contributed by atoms with Gasteiger partial charge in [0.25, 0.3) is 5.91 Å². The number of amides is 1. The molecule has 3 unspecified atom stereocenters. The molecule has 0 aromatic carbocycles. The molecule has 170 valence electrons. The predicted molar refractivity (Wildman–Crippen MR) is 127 cm³/mol. The Kier molecular flexibility index (Phi) is 7.44. The molecule has 3 aliphatic rings. The third-order valence-corrected chi connectivity index (χ3v) is 6.20. The molecule has 32 heavy (non-hydrogen) atoms. The number of hydrogen-bond donors (Lipinski definition) is 6. The second-order valence-corrected chi connectivity index (χ2v) is 9.09. The zero-order chi connectivity index (χ0) is 22.5. The van der Waals surface area contributed by atoms with Crippen LogP contribution in [0.15, 0.2) is 30.3 Å². The van der Waals surface area contributed by atoms with E-state index in [1.165, 1.54) is 24.6 Å². The highest BCUT2D eigenvalue weighted by molar-refractivity contribution is 8.00. The van der Waals surface area contributed by atoms with E-state index in [2.05, 4.69) is 48.9 Å². The van der Waals surface area contributed by atoms with Gasteiger partial charge in [-0.25, -0.2) is 15.8 Å². The molecule has 2 fully saturated rings. The number of allylic oxidation sites excluding steroid dienone is 1. The van der Waals surface area contributed by atoms with Gasteiger partial charge >= 0.3 is 0 Å². The van der Waals surface area contributed by atoms with Crippen LogP contribution in [0.1, 0.15) is 28.8 Å². The Bertz CT molecular complexity index is 986. The van der Waals surface area contributed by atoms with E-state index in [-0.39, 0.29) is 16.8 Å². The molecule has 3 heterocycles. The van der Waals surface area contributed by atoms with Gasteiger partial charge in [-0.1, -0.05) is 35.2 Å². The normalized spacial score (nSPS) is 24.4. The van der Waals surface area contributed by atoms with E-state index < -0.39 is 5.50 Å². The van der Waals surface area contributed by atoms with Gasteiger partial charge in [-0.3, -0.25) is 4.79 Å². The molecule has 2 aliphatic heterocycles. The molecule has 11 heteroatoms. The number of methoxy groups -OCH3 is 1. The number of ether oxygens (including phenoxy) is 1. The molecule has 3 atom stereocenters. The molecule has 1 aliphatic carbocycles. The number of rotatable bonds is 7. The SMILES string of the molecule is CNCNc1cc(C(=O)NC2NNC(C#CC3CC3)S2)c(C2=CC(Cl)NC=C2OC)cn1. The van der Waals surface area contributed by atoms with Crippen molar-refractivity contribution in [3.05, 3.63) is 41.4 Å². The summed E-state index contributed by atoms with van der Waals surface area (Å²) in [6, 6.07) is 1.72. The van der Waals surface area contributed by atoms with Crippen LogP contribution >= 0.6 is 23.4 Å². The summed E-state index contributed by atoms with van der Waals surface area (Å²) in [7, 11) is 3.39. The Morgan fingerprint density at radius 1 is 1.38 bits per heavy atom. The Morgan fingerprint density at radius 2 is 2.22 bits per heavy atom. The Morgan fingerprint density at radius 3 is 2.97 bits per heavy atom. The highest BCUT2D eigenvalue weighted by Crippen LogP contribution is 2.31. The number of halogens is 1. The summed E-state index contributed by atoms with van der Waals surface area (Å²) >= 11 is 7.78. The van der Waals surface area contributed by atoms with E-state index in [0.717, 1.165) is 0 Å². The van der Waals surface area contributed by atoms with Gasteiger partial charge in [-0.2, -0.15) is 0 Å². The first kappa shape index (κ1) is 22.8. The third-order valence-electron chi connectivity index (χ3n) is 4.93. The molecule has 1 aromatic heterocycles. The van der Waals surface area contributed by atoms with Crippen molar-refractivity contribution in [2.45, 2.75) is 29.2 Å². The van der Waals surface area contributed by atoms with E-state index in [0.29, 0.717) is 40.9 Å². The van der Waals surface area contributed by atoms with Gasteiger partial charge in [0.2, 0.25) is 0 Å². The number of nitrogens with one attached hydrogen (secondary N) is 6. The molecule has 6 N–H and O–H groups in total. The van der Waals surface area contributed by atoms with Gasteiger partial charge in [-0.15, -0.1) is 0 Å². The highest BCUT2D eigenvalue weighted by atomic mass is 35.5. The van der Waals surface area contributed by atoms with Crippen LogP contribution in [0.2, 0.25) is 0 Å². The first-order valence-electron chi connectivity index (χ1n) is 10.3. The van der Waals surface area contributed by atoms with Crippen molar-refractivity contribution >= 4 is 40.7 Å². The molecule has 1 saturated carbocycles. The molecule has 1 aromatic rings. The predicted octanol–water partition coefficient (Wildman–Crippen LogP) is 1.30. The average molecular weight is 476 g/mol. The van der Waals surface area contributed by atoms with Crippen LogP contribution in [0, 0.1) is 17.8 Å². The molecule has 0 bridgehead atoms. The topological polar surface area (TPSA) is 111 Å². The van der Waals surface area contributed by atoms with Gasteiger partial charge in [0.1, 0.15) is 27.9 Å². The maximum absolute atomic E-state index is 13.3. The lowest BCUT2D eigenvalue weighted by molar-refractivity contribution is 0.0944. The van der Waals surface area contributed by atoms with Crippen LogP contribution in [0.3, 0.4) is 0 Å². The number of nitrogens with zero attached hydrogens (tertiary/aromatic N) is 1. The molecule has 1 amide bonds. The zero-order valence-electron chi connectivity index (χ0n) is 17.8. The van der Waals surface area contributed by atoms with Gasteiger partial charge in [0.05, 0.1) is 19.3 Å². The van der Waals surface area contributed by atoms with Gasteiger partial charge in [0, 0.05) is 29.5 Å². The summed E-state index contributed by atoms with van der Waals surface area (Å²) in [5, 5.41) is 12.1. The van der Waals surface area contributed by atoms with Crippen LogP contribution in [-0.4, -0.2) is 48.1 Å². The number of anilines is 1. The second-order valence-electron chi connectivity index (χ2n) is 7.40. The number of pyridine rings is 1. The number of thioether (sulfide) groups is 1. The minimum absolute atomic E-state index is 0.0715. The molecule has 9 nitrogen and oxygen atoms in total. The number of hydrazine groups is 1. The Labute approximate surface area is 196 Å². The van der Waals surface area contributed by atoms with Gasteiger partial charge < -0.3 is 26.0 Å². The lowest BCUT2D eigenvalue weighted by Crippen LogP contribution is -2.43. The molecule has 0 radical (unpaired) electrons. The first-order valence-corrected chi connectivity index (χ1v) is 11.7. The lowest BCUT2D eigenvalue weighted by Gasteiger charge is -2.22. The monoisotopic (exact) mass is 475 g/mol. The van der Waals surface area contributed by atoms with E-state index in [9.17, 15) is 4.79 Å². The number of dihydropyridines is 1. The van der Waals surface area contributed by atoms with Crippen LogP contribution in [0.5, 0.6) is 0 Å². The van der Waals surface area contributed by atoms with Crippen LogP contribution in [0.4, 0.5) is 5.82 Å². The smallest absolute Gasteiger partial charge is 0.254 e. The van der Waals surface area contributed by atoms with Crippen molar-refractivity contribution < 1.29 is 9.53 Å². The second kappa shape index (κ2) is 10.5. The molecular weight excluding hydrogens is 450 g/mol. The van der Waals surface area contributed by atoms with E-state index >= 15 is 0 Å². The molecule has 0 spiro atoms.